The molecule has 2 atom stereocenters. The smallest absolute Gasteiger partial charge is 0.332 e. The van der Waals surface area contributed by atoms with Crippen LogP contribution in [-0.2, 0) is 15.3 Å². The second kappa shape index (κ2) is 11.0. The van der Waals surface area contributed by atoms with Gasteiger partial charge in [-0.2, -0.15) is 0 Å². The minimum Gasteiger partial charge on any atom is -0.390 e. The van der Waals surface area contributed by atoms with E-state index in [1.165, 1.54) is 37.7 Å². The van der Waals surface area contributed by atoms with Crippen LogP contribution in [0.4, 0.5) is 0 Å². The van der Waals surface area contributed by atoms with Gasteiger partial charge in [0.2, 0.25) is 0 Å². The number of nitrogens with zero attached hydrogens (tertiary/aromatic N) is 1. The first-order valence-electron chi connectivity index (χ1n) is 11.2. The molecular formula is C23H43N3O2Si. The van der Waals surface area contributed by atoms with E-state index in [0.29, 0.717) is 12.5 Å². The number of benzene rings is 1. The second-order valence-corrected chi connectivity index (χ2v) is 13.3. The van der Waals surface area contributed by atoms with Crippen molar-refractivity contribution in [1.82, 2.24) is 5.01 Å². The first-order chi connectivity index (χ1) is 13.5. The largest absolute Gasteiger partial charge is 0.390 e. The van der Waals surface area contributed by atoms with Crippen molar-refractivity contribution in [2.45, 2.75) is 90.1 Å². The highest BCUT2D eigenvalue weighted by atomic mass is 28.4. The zero-order valence-corrected chi connectivity index (χ0v) is 20.2. The topological polar surface area (TPSA) is 73.7 Å². The molecule has 166 valence electrons. The van der Waals surface area contributed by atoms with E-state index in [1.807, 2.05) is 11.1 Å². The molecule has 2 rings (SSSR count). The second-order valence-electron chi connectivity index (χ2n) is 10.1. The molecule has 0 heterocycles. The number of hydrazine groups is 1. The van der Waals surface area contributed by atoms with E-state index in [4.69, 9.17) is 20.4 Å². The van der Waals surface area contributed by atoms with E-state index < -0.39 is 8.56 Å². The molecule has 4 N–H and O–H groups in total. The fourth-order valence-corrected chi connectivity index (χ4v) is 6.91. The molecule has 0 aliphatic heterocycles. The van der Waals surface area contributed by atoms with Gasteiger partial charge in [-0.15, -0.1) is 0 Å². The highest BCUT2D eigenvalue weighted by Gasteiger charge is 2.36. The zero-order valence-electron chi connectivity index (χ0n) is 19.2. The molecule has 0 saturated heterocycles. The summed E-state index contributed by atoms with van der Waals surface area (Å²) in [5, 5.41) is 1.94. The molecule has 0 bridgehead atoms. The van der Waals surface area contributed by atoms with Gasteiger partial charge >= 0.3 is 8.56 Å². The van der Waals surface area contributed by atoms with Gasteiger partial charge in [-0.05, 0) is 64.6 Å². The molecule has 0 radical (unpaired) electrons. The summed E-state index contributed by atoms with van der Waals surface area (Å²) >= 11 is 0. The van der Waals surface area contributed by atoms with E-state index >= 15 is 0 Å². The van der Waals surface area contributed by atoms with Crippen LogP contribution in [0, 0.1) is 5.92 Å². The summed E-state index contributed by atoms with van der Waals surface area (Å²) in [7, 11) is -2.36. The lowest BCUT2D eigenvalue weighted by molar-refractivity contribution is 0.0232. The summed E-state index contributed by atoms with van der Waals surface area (Å²) in [5.74, 6) is 7.15. The number of nitrogens with two attached hydrogens (primary N) is 2. The SMILES string of the molecule is CC(C)(C)O[Si](C)(C)O[C@H](CN(N)CC1CCCCC1)[C@H](N)Cc1ccccc1. The molecular weight excluding hydrogens is 378 g/mol. The van der Waals surface area contributed by atoms with Crippen LogP contribution in [0.25, 0.3) is 0 Å². The number of rotatable bonds is 10. The summed E-state index contributed by atoms with van der Waals surface area (Å²) in [4.78, 5) is 0. The summed E-state index contributed by atoms with van der Waals surface area (Å²) in [5.41, 5.74) is 7.64. The third kappa shape index (κ3) is 9.72. The molecule has 1 aromatic rings. The maximum Gasteiger partial charge on any atom is 0.332 e. The van der Waals surface area contributed by atoms with Crippen LogP contribution < -0.4 is 11.6 Å². The van der Waals surface area contributed by atoms with Crippen molar-refractivity contribution in [3.63, 3.8) is 0 Å². The lowest BCUT2D eigenvalue weighted by Gasteiger charge is -2.38. The van der Waals surface area contributed by atoms with Crippen LogP contribution in [0.3, 0.4) is 0 Å². The van der Waals surface area contributed by atoms with E-state index in [0.717, 1.165) is 13.0 Å². The first-order valence-corrected chi connectivity index (χ1v) is 14.0. The molecule has 0 aromatic heterocycles. The minimum atomic E-state index is -2.36. The molecule has 29 heavy (non-hydrogen) atoms. The molecule has 0 amide bonds. The van der Waals surface area contributed by atoms with Gasteiger partial charge in [0.25, 0.3) is 0 Å². The molecule has 1 aliphatic carbocycles. The normalized spacial score (nSPS) is 18.8. The van der Waals surface area contributed by atoms with Gasteiger partial charge < -0.3 is 14.6 Å². The third-order valence-electron chi connectivity index (χ3n) is 5.41. The Morgan fingerprint density at radius 3 is 2.31 bits per heavy atom. The van der Waals surface area contributed by atoms with E-state index in [-0.39, 0.29) is 17.7 Å². The Kier molecular flexibility index (Phi) is 9.32. The monoisotopic (exact) mass is 421 g/mol. The highest BCUT2D eigenvalue weighted by molar-refractivity contribution is 6.64. The number of hydrogen-bond donors (Lipinski definition) is 2. The van der Waals surface area contributed by atoms with E-state index in [9.17, 15) is 0 Å². The number of hydrogen-bond acceptors (Lipinski definition) is 5. The van der Waals surface area contributed by atoms with Gasteiger partial charge in [0, 0.05) is 19.1 Å². The molecule has 1 aromatic carbocycles. The Morgan fingerprint density at radius 1 is 1.10 bits per heavy atom. The third-order valence-corrected chi connectivity index (χ3v) is 7.39. The summed E-state index contributed by atoms with van der Waals surface area (Å²) in [6, 6.07) is 10.2. The zero-order chi connectivity index (χ0) is 21.5. The summed E-state index contributed by atoms with van der Waals surface area (Å²) in [6.45, 7) is 12.0. The van der Waals surface area contributed by atoms with Crippen LogP contribution in [0.5, 0.6) is 0 Å². The van der Waals surface area contributed by atoms with Gasteiger partial charge in [-0.25, -0.2) is 5.01 Å². The standard InChI is InChI=1S/C23H43N3O2Si/c1-23(2,3)28-29(4,5)27-22(21(24)16-19-12-8-6-9-13-19)18-26(25)17-20-14-10-7-11-15-20/h6,8-9,12-13,20-22H,7,10-11,14-18,24-25H2,1-5H3/t21-,22-/m1/s1. The molecule has 0 spiro atoms. The Bertz CT molecular complexity index is 586. The lowest BCUT2D eigenvalue weighted by atomic mass is 9.89. The fraction of sp³-hybridized carbons (Fsp3) is 0.739. The molecule has 1 aliphatic rings. The van der Waals surface area contributed by atoms with E-state index in [1.54, 1.807) is 0 Å². The van der Waals surface area contributed by atoms with Crippen LogP contribution >= 0.6 is 0 Å². The van der Waals surface area contributed by atoms with Crippen molar-refractivity contribution in [2.75, 3.05) is 13.1 Å². The average Bonchev–Trinajstić information content (AvgIpc) is 2.60. The van der Waals surface area contributed by atoms with Gasteiger partial charge in [0.05, 0.1) is 11.7 Å². The van der Waals surface area contributed by atoms with Crippen molar-refractivity contribution >= 4 is 8.56 Å². The molecule has 6 heteroatoms. The maximum absolute atomic E-state index is 6.66. The molecule has 1 fully saturated rings. The minimum absolute atomic E-state index is 0.134. The van der Waals surface area contributed by atoms with E-state index in [2.05, 4.69) is 58.1 Å². The summed E-state index contributed by atoms with van der Waals surface area (Å²) in [6.07, 6.45) is 7.18. The van der Waals surface area contributed by atoms with Crippen LogP contribution in [0.15, 0.2) is 30.3 Å². The molecule has 0 unspecified atom stereocenters. The van der Waals surface area contributed by atoms with Crippen molar-refractivity contribution in [2.24, 2.45) is 17.5 Å². The lowest BCUT2D eigenvalue weighted by Crippen LogP contribution is -2.55. The average molecular weight is 422 g/mol. The predicted octanol–water partition coefficient (Wildman–Crippen LogP) is 4.21. The Balaban J connectivity index is 2.04. The quantitative estimate of drug-likeness (QED) is 0.336. The Morgan fingerprint density at radius 2 is 1.72 bits per heavy atom. The van der Waals surface area contributed by atoms with Crippen LogP contribution in [0.1, 0.15) is 58.4 Å². The van der Waals surface area contributed by atoms with Crippen LogP contribution in [-0.4, -0.2) is 44.4 Å². The van der Waals surface area contributed by atoms with Gasteiger partial charge in [-0.1, -0.05) is 49.6 Å². The van der Waals surface area contributed by atoms with Crippen molar-refractivity contribution < 1.29 is 8.85 Å². The summed E-state index contributed by atoms with van der Waals surface area (Å²) < 4.78 is 12.9. The maximum atomic E-state index is 6.66. The van der Waals surface area contributed by atoms with Gasteiger partial charge in [-0.3, -0.25) is 5.84 Å². The molecule has 1 saturated carbocycles. The van der Waals surface area contributed by atoms with Crippen molar-refractivity contribution in [1.29, 1.82) is 0 Å². The van der Waals surface area contributed by atoms with Crippen LogP contribution in [0.2, 0.25) is 13.1 Å². The first kappa shape index (κ1) is 24.5. The molecule has 5 nitrogen and oxygen atoms in total. The van der Waals surface area contributed by atoms with Crippen molar-refractivity contribution in [3.8, 4) is 0 Å². The predicted molar refractivity (Wildman–Crippen MR) is 124 cm³/mol. The van der Waals surface area contributed by atoms with Gasteiger partial charge in [0.15, 0.2) is 0 Å². The van der Waals surface area contributed by atoms with Gasteiger partial charge in [0.1, 0.15) is 0 Å². The van der Waals surface area contributed by atoms with Crippen molar-refractivity contribution in [3.05, 3.63) is 35.9 Å². The fourth-order valence-electron chi connectivity index (χ4n) is 4.41. The Labute approximate surface area is 179 Å². The highest BCUT2D eigenvalue weighted by Crippen LogP contribution is 2.25. The Hall–Kier alpha value is -0.763.